The Bertz CT molecular complexity index is 1260. The molecule has 0 spiro atoms. The summed E-state index contributed by atoms with van der Waals surface area (Å²) in [5.41, 5.74) is 3.37. The molecule has 0 aliphatic carbocycles. The van der Waals surface area contributed by atoms with Crippen molar-refractivity contribution < 1.29 is 9.47 Å². The van der Waals surface area contributed by atoms with E-state index in [4.69, 9.17) is 14.5 Å². The minimum atomic E-state index is -0.0862. The van der Waals surface area contributed by atoms with Gasteiger partial charge < -0.3 is 19.0 Å². The Morgan fingerprint density at radius 1 is 1.16 bits per heavy atom. The van der Waals surface area contributed by atoms with Gasteiger partial charge in [-0.3, -0.25) is 4.79 Å². The molecule has 0 atom stereocenters. The first-order valence-electron chi connectivity index (χ1n) is 10.3. The quantitative estimate of drug-likeness (QED) is 0.426. The second-order valence-electron chi connectivity index (χ2n) is 7.75. The molecular formula is C24H22BrN3O3. The summed E-state index contributed by atoms with van der Waals surface area (Å²) in [6, 6.07) is 15.5. The zero-order valence-corrected chi connectivity index (χ0v) is 18.7. The van der Waals surface area contributed by atoms with Crippen LogP contribution >= 0.6 is 15.9 Å². The number of nitrogens with one attached hydrogen (secondary N) is 1. The van der Waals surface area contributed by atoms with Crippen LogP contribution in [0.3, 0.4) is 0 Å². The highest BCUT2D eigenvalue weighted by atomic mass is 79.9. The molecule has 1 aliphatic heterocycles. The number of halogens is 1. The third-order valence-electron chi connectivity index (χ3n) is 5.65. The molecule has 1 fully saturated rings. The predicted octanol–water partition coefficient (Wildman–Crippen LogP) is 5.38. The lowest BCUT2D eigenvalue weighted by atomic mass is 10.00. The number of hydrogen-bond donors (Lipinski definition) is 1. The zero-order chi connectivity index (χ0) is 21.4. The van der Waals surface area contributed by atoms with E-state index < -0.39 is 0 Å². The lowest BCUT2D eigenvalue weighted by Crippen LogP contribution is -2.16. The minimum absolute atomic E-state index is 0.0862. The van der Waals surface area contributed by atoms with E-state index in [0.717, 1.165) is 59.8 Å². The Kier molecular flexibility index (Phi) is 5.38. The van der Waals surface area contributed by atoms with E-state index in [-0.39, 0.29) is 5.56 Å². The summed E-state index contributed by atoms with van der Waals surface area (Å²) < 4.78 is 14.0. The molecule has 0 radical (unpaired) electrons. The van der Waals surface area contributed by atoms with E-state index in [1.54, 1.807) is 11.6 Å². The predicted molar refractivity (Wildman–Crippen MR) is 124 cm³/mol. The number of fused-ring (bicyclic) bond motifs is 1. The van der Waals surface area contributed by atoms with Crippen molar-refractivity contribution in [3.63, 3.8) is 0 Å². The molecule has 158 valence electrons. The molecule has 1 N–H and O–H groups in total. The van der Waals surface area contributed by atoms with Crippen molar-refractivity contribution in [3.8, 4) is 22.6 Å². The normalized spacial score (nSPS) is 14.8. The molecule has 0 unspecified atom stereocenters. The Morgan fingerprint density at radius 3 is 2.68 bits per heavy atom. The summed E-state index contributed by atoms with van der Waals surface area (Å²) in [5.74, 6) is 2.72. The van der Waals surface area contributed by atoms with Crippen LogP contribution < -0.4 is 10.3 Å². The Labute approximate surface area is 188 Å². The van der Waals surface area contributed by atoms with E-state index in [0.29, 0.717) is 16.1 Å². The fraction of sp³-hybridized carbons (Fsp3) is 0.250. The van der Waals surface area contributed by atoms with E-state index in [1.807, 2.05) is 54.7 Å². The van der Waals surface area contributed by atoms with E-state index in [1.165, 1.54) is 0 Å². The molecule has 6 nitrogen and oxygen atoms in total. The maximum Gasteiger partial charge on any atom is 0.264 e. The number of pyridine rings is 1. The van der Waals surface area contributed by atoms with Crippen molar-refractivity contribution in [1.82, 2.24) is 14.5 Å². The van der Waals surface area contributed by atoms with Gasteiger partial charge in [-0.25, -0.2) is 4.98 Å². The van der Waals surface area contributed by atoms with Crippen LogP contribution in [0.1, 0.15) is 24.6 Å². The van der Waals surface area contributed by atoms with Crippen molar-refractivity contribution in [2.24, 2.45) is 7.05 Å². The third-order valence-corrected chi connectivity index (χ3v) is 6.22. The van der Waals surface area contributed by atoms with Gasteiger partial charge in [0, 0.05) is 43.5 Å². The van der Waals surface area contributed by atoms with Gasteiger partial charge in [-0.05, 0) is 59.1 Å². The largest absolute Gasteiger partial charge is 0.454 e. The minimum Gasteiger partial charge on any atom is -0.454 e. The van der Waals surface area contributed by atoms with E-state index >= 15 is 0 Å². The maximum absolute atomic E-state index is 12.2. The molecule has 3 heterocycles. The van der Waals surface area contributed by atoms with Gasteiger partial charge in [0.25, 0.3) is 5.56 Å². The van der Waals surface area contributed by atoms with Crippen LogP contribution in [0.15, 0.2) is 64.0 Å². The van der Waals surface area contributed by atoms with Crippen molar-refractivity contribution in [1.29, 1.82) is 0 Å². The van der Waals surface area contributed by atoms with Crippen LogP contribution in [0, 0.1) is 0 Å². The second kappa shape index (κ2) is 8.32. The van der Waals surface area contributed by atoms with Gasteiger partial charge >= 0.3 is 0 Å². The van der Waals surface area contributed by atoms with Gasteiger partial charge in [-0.1, -0.05) is 18.2 Å². The van der Waals surface area contributed by atoms with Crippen LogP contribution in [0.4, 0.5) is 0 Å². The molecule has 31 heavy (non-hydrogen) atoms. The fourth-order valence-corrected chi connectivity index (χ4v) is 4.52. The Balaban J connectivity index is 1.69. The summed E-state index contributed by atoms with van der Waals surface area (Å²) >= 11 is 3.38. The highest BCUT2D eigenvalue weighted by Gasteiger charge is 2.22. The lowest BCUT2D eigenvalue weighted by Gasteiger charge is -2.19. The Morgan fingerprint density at radius 2 is 1.94 bits per heavy atom. The molecule has 4 aromatic rings. The molecule has 1 aliphatic rings. The standard InChI is InChI=1S/C24H22BrN3O3/c1-28-14-16(13-19(25)24(28)29)18-7-8-20-21(22(18)31-17-5-3-2-4-6-17)27-23(26-20)15-9-11-30-12-10-15/h2-8,13-15H,9-12H2,1H3,(H,26,27). The van der Waals surface area contributed by atoms with Gasteiger partial charge in [0.2, 0.25) is 0 Å². The second-order valence-corrected chi connectivity index (χ2v) is 8.61. The molecular weight excluding hydrogens is 458 g/mol. The van der Waals surface area contributed by atoms with Gasteiger partial charge in [-0.2, -0.15) is 0 Å². The molecule has 0 amide bonds. The third kappa shape index (κ3) is 3.91. The summed E-state index contributed by atoms with van der Waals surface area (Å²) in [6.07, 6.45) is 3.72. The highest BCUT2D eigenvalue weighted by Crippen LogP contribution is 2.40. The average molecular weight is 480 g/mol. The fourth-order valence-electron chi connectivity index (χ4n) is 3.99. The number of imidazole rings is 1. The summed E-state index contributed by atoms with van der Waals surface area (Å²) in [4.78, 5) is 20.6. The molecule has 1 saturated heterocycles. The van der Waals surface area contributed by atoms with Gasteiger partial charge in [-0.15, -0.1) is 0 Å². The van der Waals surface area contributed by atoms with Crippen molar-refractivity contribution in [3.05, 3.63) is 75.4 Å². The molecule has 5 rings (SSSR count). The monoisotopic (exact) mass is 479 g/mol. The smallest absolute Gasteiger partial charge is 0.264 e. The van der Waals surface area contributed by atoms with Crippen LogP contribution in [-0.4, -0.2) is 27.7 Å². The average Bonchev–Trinajstić information content (AvgIpc) is 3.24. The molecule has 2 aromatic heterocycles. The van der Waals surface area contributed by atoms with E-state index in [2.05, 4.69) is 20.9 Å². The zero-order valence-electron chi connectivity index (χ0n) is 17.1. The van der Waals surface area contributed by atoms with Crippen molar-refractivity contribution >= 4 is 27.0 Å². The first-order valence-corrected chi connectivity index (χ1v) is 11.1. The summed E-state index contributed by atoms with van der Waals surface area (Å²) in [6.45, 7) is 1.51. The number of benzene rings is 2. The Hall–Kier alpha value is -2.90. The topological polar surface area (TPSA) is 69.1 Å². The SMILES string of the molecule is Cn1cc(-c2ccc3[nH]c(C4CCOCC4)nc3c2Oc2ccccc2)cc(Br)c1=O. The number of rotatable bonds is 4. The summed E-state index contributed by atoms with van der Waals surface area (Å²) in [5, 5.41) is 0. The number of para-hydroxylation sites is 1. The number of ether oxygens (including phenoxy) is 2. The number of aromatic nitrogens is 3. The van der Waals surface area contributed by atoms with Crippen molar-refractivity contribution in [2.45, 2.75) is 18.8 Å². The molecule has 7 heteroatoms. The van der Waals surface area contributed by atoms with Crippen LogP contribution in [0.5, 0.6) is 11.5 Å². The number of aryl methyl sites for hydroxylation is 1. The van der Waals surface area contributed by atoms with Crippen LogP contribution in [0.2, 0.25) is 0 Å². The number of nitrogens with zero attached hydrogens (tertiary/aromatic N) is 2. The number of hydrogen-bond acceptors (Lipinski definition) is 4. The highest BCUT2D eigenvalue weighted by molar-refractivity contribution is 9.10. The number of H-pyrrole nitrogens is 1. The first kappa shape index (κ1) is 20.0. The molecule has 2 aromatic carbocycles. The van der Waals surface area contributed by atoms with Gasteiger partial charge in [0.05, 0.1) is 9.99 Å². The van der Waals surface area contributed by atoms with Gasteiger partial charge in [0.15, 0.2) is 5.75 Å². The van der Waals surface area contributed by atoms with Crippen LogP contribution in [0.25, 0.3) is 22.2 Å². The molecule has 0 bridgehead atoms. The lowest BCUT2D eigenvalue weighted by molar-refractivity contribution is 0.0838. The maximum atomic E-state index is 12.2. The van der Waals surface area contributed by atoms with Crippen LogP contribution in [-0.2, 0) is 11.8 Å². The van der Waals surface area contributed by atoms with Crippen molar-refractivity contribution in [2.75, 3.05) is 13.2 Å². The van der Waals surface area contributed by atoms with E-state index in [9.17, 15) is 4.79 Å². The van der Waals surface area contributed by atoms with Gasteiger partial charge in [0.1, 0.15) is 17.1 Å². The first-order chi connectivity index (χ1) is 15.1. The number of aromatic amines is 1. The summed E-state index contributed by atoms with van der Waals surface area (Å²) in [7, 11) is 1.74. The molecule has 0 saturated carbocycles.